The molecule has 92 valence electrons. The summed E-state index contributed by atoms with van der Waals surface area (Å²) in [5.74, 6) is 0.277. The number of nitrogens with two attached hydrogens (primary N) is 2. The number of carbonyl (C=O) groups is 1. The molecule has 0 amide bonds. The van der Waals surface area contributed by atoms with Crippen LogP contribution in [0, 0.1) is 0 Å². The van der Waals surface area contributed by atoms with Gasteiger partial charge in [-0.15, -0.1) is 0 Å². The van der Waals surface area contributed by atoms with Crippen LogP contribution in [0.5, 0.6) is 0 Å². The lowest BCUT2D eigenvalue weighted by atomic mass is 10.0. The van der Waals surface area contributed by atoms with Crippen LogP contribution in [0.4, 0.5) is 0 Å². The Labute approximate surface area is 105 Å². The van der Waals surface area contributed by atoms with Crippen LogP contribution in [0.1, 0.15) is 27.4 Å². The van der Waals surface area contributed by atoms with E-state index in [0.717, 1.165) is 0 Å². The van der Waals surface area contributed by atoms with Gasteiger partial charge in [-0.2, -0.15) is 0 Å². The van der Waals surface area contributed by atoms with E-state index in [0.29, 0.717) is 22.6 Å². The van der Waals surface area contributed by atoms with Crippen LogP contribution >= 0.6 is 0 Å². The summed E-state index contributed by atoms with van der Waals surface area (Å²) >= 11 is 0. The summed E-state index contributed by atoms with van der Waals surface area (Å²) < 4.78 is 0. The Morgan fingerprint density at radius 2 is 1.83 bits per heavy atom. The van der Waals surface area contributed by atoms with Crippen molar-refractivity contribution in [3.05, 3.63) is 59.2 Å². The minimum atomic E-state index is -0.159. The first-order chi connectivity index (χ1) is 8.76. The maximum absolute atomic E-state index is 12.3. The molecule has 1 heterocycles. The standard InChI is InChI=1S/C13H14N4O/c14-6-10-8-16-11(7-15)17-12(10)13(18)9-4-2-1-3-5-9/h1-5,8H,6-7,14-15H2. The van der Waals surface area contributed by atoms with Crippen molar-refractivity contribution in [1.29, 1.82) is 0 Å². The molecule has 5 nitrogen and oxygen atoms in total. The van der Waals surface area contributed by atoms with E-state index in [1.807, 2.05) is 6.07 Å². The minimum Gasteiger partial charge on any atom is -0.326 e. The molecule has 0 radical (unpaired) electrons. The molecule has 1 aromatic carbocycles. The van der Waals surface area contributed by atoms with Crippen LogP contribution in [0.3, 0.4) is 0 Å². The zero-order valence-corrected chi connectivity index (χ0v) is 9.84. The lowest BCUT2D eigenvalue weighted by molar-refractivity contribution is 0.103. The van der Waals surface area contributed by atoms with Crippen molar-refractivity contribution < 1.29 is 4.79 Å². The highest BCUT2D eigenvalue weighted by Crippen LogP contribution is 2.11. The highest BCUT2D eigenvalue weighted by Gasteiger charge is 2.15. The van der Waals surface area contributed by atoms with E-state index in [2.05, 4.69) is 9.97 Å². The van der Waals surface area contributed by atoms with Crippen LogP contribution in [-0.2, 0) is 13.1 Å². The molecular weight excluding hydrogens is 228 g/mol. The Hall–Kier alpha value is -2.11. The molecule has 0 aliphatic carbocycles. The van der Waals surface area contributed by atoms with Crippen molar-refractivity contribution in [1.82, 2.24) is 9.97 Å². The predicted octanol–water partition coefficient (Wildman–Crippen LogP) is 0.625. The summed E-state index contributed by atoms with van der Waals surface area (Å²) in [6.45, 7) is 0.415. The summed E-state index contributed by atoms with van der Waals surface area (Å²) in [6.07, 6.45) is 1.56. The smallest absolute Gasteiger partial charge is 0.211 e. The number of ketones is 1. The first kappa shape index (κ1) is 12.3. The number of carbonyl (C=O) groups excluding carboxylic acids is 1. The first-order valence-electron chi connectivity index (χ1n) is 5.61. The third kappa shape index (κ3) is 2.42. The van der Waals surface area contributed by atoms with Gasteiger partial charge < -0.3 is 11.5 Å². The monoisotopic (exact) mass is 242 g/mol. The molecule has 1 aromatic heterocycles. The molecule has 0 unspecified atom stereocenters. The molecule has 0 aliphatic heterocycles. The van der Waals surface area contributed by atoms with Gasteiger partial charge in [0.2, 0.25) is 5.78 Å². The fourth-order valence-corrected chi connectivity index (χ4v) is 1.61. The zero-order valence-electron chi connectivity index (χ0n) is 9.84. The quantitative estimate of drug-likeness (QED) is 0.766. The van der Waals surface area contributed by atoms with Gasteiger partial charge in [0, 0.05) is 23.9 Å². The van der Waals surface area contributed by atoms with E-state index in [-0.39, 0.29) is 18.9 Å². The maximum atomic E-state index is 12.3. The number of hydrogen-bond donors (Lipinski definition) is 2. The molecule has 2 rings (SSSR count). The molecule has 0 saturated carbocycles. The van der Waals surface area contributed by atoms with Crippen molar-refractivity contribution in [3.63, 3.8) is 0 Å². The number of hydrogen-bond acceptors (Lipinski definition) is 5. The van der Waals surface area contributed by atoms with Gasteiger partial charge in [-0.25, -0.2) is 9.97 Å². The lowest BCUT2D eigenvalue weighted by Gasteiger charge is -2.07. The summed E-state index contributed by atoms with van der Waals surface area (Å²) in [4.78, 5) is 20.5. The molecule has 5 heteroatoms. The maximum Gasteiger partial charge on any atom is 0.211 e. The Morgan fingerprint density at radius 1 is 1.11 bits per heavy atom. The zero-order chi connectivity index (χ0) is 13.0. The van der Waals surface area contributed by atoms with Gasteiger partial charge in [-0.05, 0) is 0 Å². The van der Waals surface area contributed by atoms with Crippen LogP contribution in [0.2, 0.25) is 0 Å². The fraction of sp³-hybridized carbons (Fsp3) is 0.154. The SMILES string of the molecule is NCc1ncc(CN)c(C(=O)c2ccccc2)n1. The summed E-state index contributed by atoms with van der Waals surface area (Å²) in [5, 5.41) is 0. The summed E-state index contributed by atoms with van der Waals surface area (Å²) in [6, 6.07) is 8.95. The summed E-state index contributed by atoms with van der Waals surface area (Å²) in [7, 11) is 0. The highest BCUT2D eigenvalue weighted by molar-refractivity contribution is 6.08. The molecule has 0 saturated heterocycles. The van der Waals surface area contributed by atoms with Gasteiger partial charge in [0.1, 0.15) is 11.5 Å². The molecule has 0 atom stereocenters. The van der Waals surface area contributed by atoms with E-state index in [1.54, 1.807) is 30.5 Å². The van der Waals surface area contributed by atoms with E-state index < -0.39 is 0 Å². The summed E-state index contributed by atoms with van der Waals surface area (Å²) in [5.41, 5.74) is 12.6. The van der Waals surface area contributed by atoms with Crippen LogP contribution in [0.15, 0.2) is 36.5 Å². The van der Waals surface area contributed by atoms with Gasteiger partial charge in [-0.1, -0.05) is 30.3 Å². The number of rotatable bonds is 4. The Balaban J connectivity index is 2.46. The van der Waals surface area contributed by atoms with Crippen LogP contribution in [-0.4, -0.2) is 15.8 Å². The molecular formula is C13H14N4O. The van der Waals surface area contributed by atoms with E-state index in [1.165, 1.54) is 0 Å². The van der Waals surface area contributed by atoms with Crippen LogP contribution < -0.4 is 11.5 Å². The second-order valence-electron chi connectivity index (χ2n) is 3.76. The third-order valence-electron chi connectivity index (χ3n) is 2.57. The Bertz CT molecular complexity index is 554. The van der Waals surface area contributed by atoms with Gasteiger partial charge in [0.15, 0.2) is 0 Å². The number of nitrogens with zero attached hydrogens (tertiary/aromatic N) is 2. The Morgan fingerprint density at radius 3 is 2.44 bits per heavy atom. The number of benzene rings is 1. The molecule has 0 fully saturated rings. The minimum absolute atomic E-state index is 0.159. The fourth-order valence-electron chi connectivity index (χ4n) is 1.61. The largest absolute Gasteiger partial charge is 0.326 e. The average molecular weight is 242 g/mol. The lowest BCUT2D eigenvalue weighted by Crippen LogP contribution is -2.15. The van der Waals surface area contributed by atoms with Crippen molar-refractivity contribution in [2.75, 3.05) is 0 Å². The molecule has 18 heavy (non-hydrogen) atoms. The van der Waals surface area contributed by atoms with Gasteiger partial charge >= 0.3 is 0 Å². The van der Waals surface area contributed by atoms with Gasteiger partial charge in [0.25, 0.3) is 0 Å². The molecule has 0 aliphatic rings. The van der Waals surface area contributed by atoms with E-state index in [4.69, 9.17) is 11.5 Å². The highest BCUT2D eigenvalue weighted by atomic mass is 16.1. The average Bonchev–Trinajstić information content (AvgIpc) is 2.46. The topological polar surface area (TPSA) is 94.9 Å². The second kappa shape index (κ2) is 5.48. The van der Waals surface area contributed by atoms with Crippen molar-refractivity contribution in [2.24, 2.45) is 11.5 Å². The second-order valence-corrected chi connectivity index (χ2v) is 3.76. The Kier molecular flexibility index (Phi) is 3.76. The first-order valence-corrected chi connectivity index (χ1v) is 5.61. The van der Waals surface area contributed by atoms with Crippen molar-refractivity contribution in [2.45, 2.75) is 13.1 Å². The number of aromatic nitrogens is 2. The van der Waals surface area contributed by atoms with Crippen molar-refractivity contribution in [3.8, 4) is 0 Å². The normalized spacial score (nSPS) is 10.3. The van der Waals surface area contributed by atoms with Crippen molar-refractivity contribution >= 4 is 5.78 Å². The molecule has 0 bridgehead atoms. The van der Waals surface area contributed by atoms with Gasteiger partial charge in [-0.3, -0.25) is 4.79 Å². The molecule has 4 N–H and O–H groups in total. The van der Waals surface area contributed by atoms with E-state index in [9.17, 15) is 4.79 Å². The van der Waals surface area contributed by atoms with E-state index >= 15 is 0 Å². The van der Waals surface area contributed by atoms with Gasteiger partial charge in [0.05, 0.1) is 6.54 Å². The molecule has 0 spiro atoms. The molecule has 2 aromatic rings. The third-order valence-corrected chi connectivity index (χ3v) is 2.57. The van der Waals surface area contributed by atoms with Crippen LogP contribution in [0.25, 0.3) is 0 Å². The predicted molar refractivity (Wildman–Crippen MR) is 67.7 cm³/mol.